The summed E-state index contributed by atoms with van der Waals surface area (Å²) < 4.78 is 5.29. The highest BCUT2D eigenvalue weighted by atomic mass is 35.5. The smallest absolute Gasteiger partial charge is 0.255 e. The van der Waals surface area contributed by atoms with Crippen LogP contribution in [0.15, 0.2) is 36.5 Å². The van der Waals surface area contributed by atoms with Crippen LogP contribution in [0, 0.1) is 0 Å². The van der Waals surface area contributed by atoms with Crippen LogP contribution in [0.25, 0.3) is 0 Å². The zero-order valence-corrected chi connectivity index (χ0v) is 16.8. The minimum atomic E-state index is -0.0493. The molecule has 1 unspecified atom stereocenters. The standard InChI is InChI=1S/C21H25ClN4O2/c1-15-12-16-4-2-3-5-19(16)26(15)7-6-23-20-18(22)13-17(14-24-20)21(27)25-8-10-28-11-9-25/h2-5,13-15H,6-12H2,1H3,(H,23,24). The first-order valence-electron chi connectivity index (χ1n) is 9.74. The van der Waals surface area contributed by atoms with Gasteiger partial charge in [-0.25, -0.2) is 4.98 Å². The quantitative estimate of drug-likeness (QED) is 0.835. The van der Waals surface area contributed by atoms with Crippen LogP contribution in [0.1, 0.15) is 22.8 Å². The van der Waals surface area contributed by atoms with Gasteiger partial charge in [0.1, 0.15) is 5.82 Å². The Hall–Kier alpha value is -2.31. The Morgan fingerprint density at radius 1 is 1.32 bits per heavy atom. The number of para-hydroxylation sites is 1. The average Bonchev–Trinajstić information content (AvgIpc) is 3.04. The molecular weight excluding hydrogens is 376 g/mol. The van der Waals surface area contributed by atoms with E-state index in [2.05, 4.69) is 46.4 Å². The maximum absolute atomic E-state index is 12.5. The number of carbonyl (C=O) groups excluding carboxylic acids is 1. The molecule has 1 saturated heterocycles. The molecule has 4 rings (SSSR count). The summed E-state index contributed by atoms with van der Waals surface area (Å²) in [5.41, 5.74) is 3.22. The third-order valence-corrected chi connectivity index (χ3v) is 5.67. The summed E-state index contributed by atoms with van der Waals surface area (Å²) in [5, 5.41) is 3.77. The first-order chi connectivity index (χ1) is 13.6. The van der Waals surface area contributed by atoms with Gasteiger partial charge in [-0.05, 0) is 31.0 Å². The van der Waals surface area contributed by atoms with E-state index < -0.39 is 0 Å². The number of amides is 1. The Bertz CT molecular complexity index is 854. The Morgan fingerprint density at radius 3 is 2.89 bits per heavy atom. The minimum Gasteiger partial charge on any atom is -0.378 e. The number of benzene rings is 1. The maximum atomic E-state index is 12.5. The van der Waals surface area contributed by atoms with E-state index in [1.807, 2.05) is 0 Å². The fraction of sp³-hybridized carbons (Fsp3) is 0.429. The number of nitrogens with one attached hydrogen (secondary N) is 1. The van der Waals surface area contributed by atoms with Crippen molar-refractivity contribution in [3.63, 3.8) is 0 Å². The van der Waals surface area contributed by atoms with E-state index in [0.717, 1.165) is 19.5 Å². The molecule has 0 saturated carbocycles. The van der Waals surface area contributed by atoms with E-state index in [4.69, 9.17) is 16.3 Å². The highest BCUT2D eigenvalue weighted by Gasteiger charge is 2.25. The van der Waals surface area contributed by atoms with E-state index in [0.29, 0.717) is 48.7 Å². The Kier molecular flexibility index (Phi) is 5.69. The molecule has 1 amide bonds. The lowest BCUT2D eigenvalue weighted by Crippen LogP contribution is -2.40. The fourth-order valence-electron chi connectivity index (χ4n) is 3.90. The van der Waals surface area contributed by atoms with Crippen molar-refractivity contribution in [2.75, 3.05) is 49.6 Å². The molecule has 1 atom stereocenters. The number of hydrogen-bond donors (Lipinski definition) is 1. The fourth-order valence-corrected chi connectivity index (χ4v) is 4.13. The molecule has 1 N–H and O–H groups in total. The second kappa shape index (κ2) is 8.37. The molecule has 6 nitrogen and oxygen atoms in total. The van der Waals surface area contributed by atoms with Crippen molar-refractivity contribution in [2.45, 2.75) is 19.4 Å². The summed E-state index contributed by atoms with van der Waals surface area (Å²) in [5.74, 6) is 0.562. The van der Waals surface area contributed by atoms with Gasteiger partial charge in [0.2, 0.25) is 0 Å². The van der Waals surface area contributed by atoms with Crippen LogP contribution in [0.4, 0.5) is 11.5 Å². The molecule has 0 radical (unpaired) electrons. The zero-order chi connectivity index (χ0) is 19.5. The lowest BCUT2D eigenvalue weighted by molar-refractivity contribution is 0.0302. The normalized spacial score (nSPS) is 18.9. The molecule has 7 heteroatoms. The van der Waals surface area contributed by atoms with Gasteiger partial charge < -0.3 is 19.9 Å². The van der Waals surface area contributed by atoms with Gasteiger partial charge in [0.25, 0.3) is 5.91 Å². The SMILES string of the molecule is CC1Cc2ccccc2N1CCNc1ncc(C(=O)N2CCOCC2)cc1Cl. The van der Waals surface area contributed by atoms with Crippen LogP contribution in [-0.4, -0.2) is 61.2 Å². The van der Waals surface area contributed by atoms with Crippen molar-refractivity contribution in [3.05, 3.63) is 52.7 Å². The third-order valence-electron chi connectivity index (χ3n) is 5.38. The molecule has 1 aromatic carbocycles. The topological polar surface area (TPSA) is 57.7 Å². The molecule has 1 fully saturated rings. The van der Waals surface area contributed by atoms with Gasteiger partial charge in [-0.3, -0.25) is 4.79 Å². The third kappa shape index (κ3) is 3.93. The number of ether oxygens (including phenoxy) is 1. The Labute approximate surface area is 170 Å². The van der Waals surface area contributed by atoms with Crippen molar-refractivity contribution in [1.29, 1.82) is 0 Å². The molecule has 2 aliphatic heterocycles. The van der Waals surface area contributed by atoms with Crippen LogP contribution in [0.2, 0.25) is 5.02 Å². The molecule has 0 spiro atoms. The van der Waals surface area contributed by atoms with Gasteiger partial charge in [0.05, 0.1) is 23.8 Å². The number of nitrogens with zero attached hydrogens (tertiary/aromatic N) is 3. The van der Waals surface area contributed by atoms with Crippen LogP contribution in [-0.2, 0) is 11.2 Å². The van der Waals surface area contributed by atoms with Crippen molar-refractivity contribution in [1.82, 2.24) is 9.88 Å². The summed E-state index contributed by atoms with van der Waals surface area (Å²) in [6.07, 6.45) is 2.67. The number of hydrogen-bond acceptors (Lipinski definition) is 5. The minimum absolute atomic E-state index is 0.0493. The van der Waals surface area contributed by atoms with Crippen LogP contribution >= 0.6 is 11.6 Å². The van der Waals surface area contributed by atoms with Gasteiger partial charge in [0, 0.05) is 44.1 Å². The van der Waals surface area contributed by atoms with Crippen molar-refractivity contribution < 1.29 is 9.53 Å². The average molecular weight is 401 g/mol. The number of morpholine rings is 1. The summed E-state index contributed by atoms with van der Waals surface area (Å²) in [6.45, 7) is 6.19. The number of halogens is 1. The van der Waals surface area contributed by atoms with E-state index in [1.54, 1.807) is 17.2 Å². The summed E-state index contributed by atoms with van der Waals surface area (Å²) in [4.78, 5) is 21.1. The van der Waals surface area contributed by atoms with Gasteiger partial charge in [-0.2, -0.15) is 0 Å². The van der Waals surface area contributed by atoms with Gasteiger partial charge in [-0.1, -0.05) is 29.8 Å². The second-order valence-corrected chi connectivity index (χ2v) is 7.67. The molecule has 2 aliphatic rings. The van der Waals surface area contributed by atoms with Crippen molar-refractivity contribution in [3.8, 4) is 0 Å². The number of pyridine rings is 1. The van der Waals surface area contributed by atoms with E-state index in [1.165, 1.54) is 11.3 Å². The molecule has 28 heavy (non-hydrogen) atoms. The Balaban J connectivity index is 1.36. The molecule has 3 heterocycles. The van der Waals surface area contributed by atoms with E-state index in [9.17, 15) is 4.79 Å². The predicted molar refractivity (Wildman–Crippen MR) is 111 cm³/mol. The maximum Gasteiger partial charge on any atom is 0.255 e. The summed E-state index contributed by atoms with van der Waals surface area (Å²) >= 11 is 6.38. The first-order valence-corrected chi connectivity index (χ1v) is 10.1. The molecule has 2 aromatic rings. The second-order valence-electron chi connectivity index (χ2n) is 7.26. The molecule has 148 valence electrons. The number of rotatable bonds is 5. The van der Waals surface area contributed by atoms with Crippen LogP contribution < -0.4 is 10.2 Å². The Morgan fingerprint density at radius 2 is 2.11 bits per heavy atom. The largest absolute Gasteiger partial charge is 0.378 e. The highest BCUT2D eigenvalue weighted by molar-refractivity contribution is 6.33. The number of fused-ring (bicyclic) bond motifs is 1. The van der Waals surface area contributed by atoms with Gasteiger partial charge in [0.15, 0.2) is 0 Å². The summed E-state index contributed by atoms with van der Waals surface area (Å²) in [6, 6.07) is 10.7. The van der Waals surface area contributed by atoms with Crippen molar-refractivity contribution >= 4 is 29.0 Å². The van der Waals surface area contributed by atoms with Gasteiger partial charge >= 0.3 is 0 Å². The van der Waals surface area contributed by atoms with Gasteiger partial charge in [-0.15, -0.1) is 0 Å². The van der Waals surface area contributed by atoms with Crippen LogP contribution in [0.5, 0.6) is 0 Å². The van der Waals surface area contributed by atoms with Crippen molar-refractivity contribution in [2.24, 2.45) is 0 Å². The predicted octanol–water partition coefficient (Wildman–Crippen LogP) is 3.07. The molecule has 0 aliphatic carbocycles. The first kappa shape index (κ1) is 19.0. The number of anilines is 2. The van der Waals surface area contributed by atoms with Crippen LogP contribution in [0.3, 0.4) is 0 Å². The molecule has 0 bridgehead atoms. The number of aromatic nitrogens is 1. The van der Waals surface area contributed by atoms with E-state index in [-0.39, 0.29) is 5.91 Å². The zero-order valence-electron chi connectivity index (χ0n) is 16.0. The van der Waals surface area contributed by atoms with E-state index >= 15 is 0 Å². The molecule has 1 aromatic heterocycles. The highest BCUT2D eigenvalue weighted by Crippen LogP contribution is 2.31. The lowest BCUT2D eigenvalue weighted by Gasteiger charge is -2.27. The lowest BCUT2D eigenvalue weighted by atomic mass is 10.1. The summed E-state index contributed by atoms with van der Waals surface area (Å²) in [7, 11) is 0. The molecular formula is C21H25ClN4O2. The number of carbonyl (C=O) groups is 1. The monoisotopic (exact) mass is 400 g/mol.